The van der Waals surface area contributed by atoms with Gasteiger partial charge in [-0.1, -0.05) is 13.0 Å². The van der Waals surface area contributed by atoms with E-state index < -0.39 is 0 Å². The van der Waals surface area contributed by atoms with Crippen LogP contribution in [0.5, 0.6) is 0 Å². The van der Waals surface area contributed by atoms with Gasteiger partial charge in [-0.2, -0.15) is 5.10 Å². The van der Waals surface area contributed by atoms with Crippen LogP contribution in [0.4, 0.5) is 0 Å². The molecule has 2 aliphatic rings. The van der Waals surface area contributed by atoms with Crippen molar-refractivity contribution < 1.29 is 0 Å². The van der Waals surface area contributed by atoms with Crippen molar-refractivity contribution in [1.29, 1.82) is 0 Å². The van der Waals surface area contributed by atoms with Crippen LogP contribution in [-0.4, -0.2) is 36.3 Å². The third kappa shape index (κ3) is 4.06. The first-order chi connectivity index (χ1) is 13.2. The Morgan fingerprint density at radius 1 is 1.22 bits per heavy atom. The molecule has 2 aromatic rings. The molecular weight excluding hydrogens is 354 g/mol. The second-order valence-electron chi connectivity index (χ2n) is 8.05. The van der Waals surface area contributed by atoms with Gasteiger partial charge < -0.3 is 0 Å². The van der Waals surface area contributed by atoms with E-state index in [4.69, 9.17) is 17.3 Å². The molecule has 0 aliphatic heterocycles. The zero-order chi connectivity index (χ0) is 18.8. The first-order valence-corrected chi connectivity index (χ1v) is 10.5. The first kappa shape index (κ1) is 18.6. The zero-order valence-electron chi connectivity index (χ0n) is 16.1. The van der Waals surface area contributed by atoms with Gasteiger partial charge in [0.05, 0.1) is 6.67 Å². The van der Waals surface area contributed by atoms with Crippen molar-refractivity contribution in [3.05, 3.63) is 42.0 Å². The quantitative estimate of drug-likeness (QED) is 0.515. The lowest BCUT2D eigenvalue weighted by molar-refractivity contribution is 0.0921. The number of nitrogens with zero attached hydrogens (tertiary/aromatic N) is 5. The van der Waals surface area contributed by atoms with E-state index in [1.54, 1.807) is 6.20 Å². The smallest absolute Gasteiger partial charge is 0.199 e. The van der Waals surface area contributed by atoms with Gasteiger partial charge >= 0.3 is 0 Å². The van der Waals surface area contributed by atoms with E-state index in [1.165, 1.54) is 38.5 Å². The van der Waals surface area contributed by atoms with Gasteiger partial charge in [0.1, 0.15) is 0 Å². The maximum atomic E-state index is 5.79. The second-order valence-corrected chi connectivity index (χ2v) is 8.41. The van der Waals surface area contributed by atoms with Crippen molar-refractivity contribution in [2.24, 2.45) is 5.92 Å². The van der Waals surface area contributed by atoms with E-state index in [1.807, 2.05) is 29.1 Å². The normalized spacial score (nSPS) is 22.9. The van der Waals surface area contributed by atoms with Crippen LogP contribution in [0.3, 0.4) is 0 Å². The van der Waals surface area contributed by atoms with Crippen molar-refractivity contribution in [3.63, 3.8) is 0 Å². The predicted octanol–water partition coefficient (Wildman–Crippen LogP) is 4.66. The summed E-state index contributed by atoms with van der Waals surface area (Å²) in [6.45, 7) is 7.72. The minimum absolute atomic E-state index is 0.660. The number of hydrogen-bond donors (Lipinski definition) is 0. The molecule has 0 amide bonds. The van der Waals surface area contributed by atoms with Crippen LogP contribution in [0.25, 0.3) is 11.4 Å². The molecule has 2 aromatic heterocycles. The molecule has 144 valence electrons. The van der Waals surface area contributed by atoms with Crippen LogP contribution in [0.1, 0.15) is 45.4 Å². The lowest BCUT2D eigenvalue weighted by atomic mass is 9.86. The van der Waals surface area contributed by atoms with Crippen LogP contribution < -0.4 is 0 Å². The Hall–Kier alpha value is -1.79. The van der Waals surface area contributed by atoms with E-state index in [0.29, 0.717) is 18.6 Å². The molecule has 2 heterocycles. The Kier molecular flexibility index (Phi) is 5.55. The highest BCUT2D eigenvalue weighted by atomic mass is 32.1. The second kappa shape index (κ2) is 8.07. The summed E-state index contributed by atoms with van der Waals surface area (Å²) in [6.07, 6.45) is 13.4. The SMILES string of the molecule is C=CCn1c(-c2cccnc2)nn(CN(C2CCC(C)CC2)C2CC2)c1=S. The highest BCUT2D eigenvalue weighted by Gasteiger charge is 2.36. The predicted molar refractivity (Wildman–Crippen MR) is 111 cm³/mol. The van der Waals surface area contributed by atoms with Crippen molar-refractivity contribution in [2.75, 3.05) is 0 Å². The van der Waals surface area contributed by atoms with Crippen LogP contribution in [0.15, 0.2) is 37.2 Å². The molecule has 2 saturated carbocycles. The summed E-state index contributed by atoms with van der Waals surface area (Å²) in [5.41, 5.74) is 0.994. The van der Waals surface area contributed by atoms with E-state index in [-0.39, 0.29) is 0 Å². The summed E-state index contributed by atoms with van der Waals surface area (Å²) in [4.78, 5) is 6.91. The van der Waals surface area contributed by atoms with Crippen LogP contribution >= 0.6 is 12.2 Å². The maximum Gasteiger partial charge on any atom is 0.199 e. The van der Waals surface area contributed by atoms with Crippen molar-refractivity contribution in [1.82, 2.24) is 24.2 Å². The molecule has 0 spiro atoms. The average Bonchev–Trinajstić information content (AvgIpc) is 3.49. The molecule has 5 nitrogen and oxygen atoms in total. The van der Waals surface area contributed by atoms with Crippen molar-refractivity contribution >= 4 is 12.2 Å². The fourth-order valence-corrected chi connectivity index (χ4v) is 4.46. The number of allylic oxidation sites excluding steroid dienone is 1. The summed E-state index contributed by atoms with van der Waals surface area (Å²) in [7, 11) is 0. The topological polar surface area (TPSA) is 38.9 Å². The van der Waals surface area contributed by atoms with Gasteiger partial charge in [-0.15, -0.1) is 6.58 Å². The molecule has 2 aliphatic carbocycles. The molecule has 0 N–H and O–H groups in total. The minimum atomic E-state index is 0.660. The van der Waals surface area contributed by atoms with E-state index in [2.05, 4.69) is 28.0 Å². The lowest BCUT2D eigenvalue weighted by Gasteiger charge is -2.36. The Morgan fingerprint density at radius 3 is 2.52 bits per heavy atom. The van der Waals surface area contributed by atoms with Gasteiger partial charge in [-0.05, 0) is 68.8 Å². The maximum absolute atomic E-state index is 5.79. The standard InChI is InChI=1S/C21H29N5S/c1-3-13-24-20(17-5-4-12-22-14-17)23-26(21(24)27)15-25(19-10-11-19)18-8-6-16(2)7-9-18/h3-5,12,14,16,18-19H,1,6-11,13,15H2,2H3. The number of rotatable bonds is 7. The van der Waals surface area contributed by atoms with Crippen LogP contribution in [0.2, 0.25) is 0 Å². The molecular formula is C21H29N5S. The molecule has 0 bridgehead atoms. The molecule has 2 fully saturated rings. The Morgan fingerprint density at radius 2 is 1.93 bits per heavy atom. The first-order valence-electron chi connectivity index (χ1n) is 10.1. The lowest BCUT2D eigenvalue weighted by Crippen LogP contribution is -2.41. The number of aromatic nitrogens is 4. The summed E-state index contributed by atoms with van der Waals surface area (Å²) >= 11 is 5.79. The molecule has 6 heteroatoms. The molecule has 0 radical (unpaired) electrons. The summed E-state index contributed by atoms with van der Waals surface area (Å²) in [5, 5.41) is 4.90. The van der Waals surface area contributed by atoms with Crippen LogP contribution in [-0.2, 0) is 13.2 Å². The monoisotopic (exact) mass is 383 g/mol. The van der Waals surface area contributed by atoms with Gasteiger partial charge in [-0.25, -0.2) is 4.68 Å². The Bertz CT molecular complexity index is 828. The third-order valence-electron chi connectivity index (χ3n) is 5.92. The van der Waals surface area contributed by atoms with Gasteiger partial charge in [0.15, 0.2) is 10.6 Å². The van der Waals surface area contributed by atoms with E-state index in [0.717, 1.165) is 28.7 Å². The van der Waals surface area contributed by atoms with Crippen molar-refractivity contribution in [2.45, 2.75) is 70.7 Å². The Balaban J connectivity index is 1.62. The molecule has 0 saturated heterocycles. The summed E-state index contributed by atoms with van der Waals surface area (Å²) in [6, 6.07) is 5.35. The van der Waals surface area contributed by atoms with Gasteiger partial charge in [0.2, 0.25) is 0 Å². The number of pyridine rings is 1. The summed E-state index contributed by atoms with van der Waals surface area (Å²) < 4.78 is 4.84. The number of hydrogen-bond acceptors (Lipinski definition) is 4. The highest BCUT2D eigenvalue weighted by molar-refractivity contribution is 7.71. The molecule has 0 unspecified atom stereocenters. The molecule has 0 atom stereocenters. The van der Waals surface area contributed by atoms with Crippen LogP contribution in [0, 0.1) is 10.7 Å². The van der Waals surface area contributed by atoms with Gasteiger partial charge in [-0.3, -0.25) is 14.5 Å². The van der Waals surface area contributed by atoms with Gasteiger partial charge in [0.25, 0.3) is 0 Å². The highest BCUT2D eigenvalue weighted by Crippen LogP contribution is 2.35. The third-order valence-corrected chi connectivity index (χ3v) is 6.35. The largest absolute Gasteiger partial charge is 0.296 e. The fourth-order valence-electron chi connectivity index (χ4n) is 4.20. The fraction of sp³-hybridized carbons (Fsp3) is 0.571. The Labute approximate surface area is 166 Å². The minimum Gasteiger partial charge on any atom is -0.296 e. The van der Waals surface area contributed by atoms with Gasteiger partial charge in [0, 0.05) is 36.6 Å². The van der Waals surface area contributed by atoms with Crippen molar-refractivity contribution in [3.8, 4) is 11.4 Å². The summed E-state index contributed by atoms with van der Waals surface area (Å²) in [5.74, 6) is 1.74. The molecule has 27 heavy (non-hydrogen) atoms. The average molecular weight is 384 g/mol. The van der Waals surface area contributed by atoms with E-state index >= 15 is 0 Å². The molecule has 0 aromatic carbocycles. The van der Waals surface area contributed by atoms with E-state index in [9.17, 15) is 0 Å². The molecule has 4 rings (SSSR count). The zero-order valence-corrected chi connectivity index (χ0v) is 16.9.